The predicted octanol–water partition coefficient (Wildman–Crippen LogP) is 2.52. The second-order valence-corrected chi connectivity index (χ2v) is 5.28. The lowest BCUT2D eigenvalue weighted by Gasteiger charge is -2.18. The SMILES string of the molecule is COc1cc(C2=NC(C(C)C)CO2)c(OC)c(OC)c1OC. The molecule has 0 saturated heterocycles. The molecule has 1 aliphatic heterocycles. The van der Waals surface area contributed by atoms with Crippen molar-refractivity contribution in [2.24, 2.45) is 10.9 Å². The van der Waals surface area contributed by atoms with Crippen LogP contribution in [0.1, 0.15) is 19.4 Å². The van der Waals surface area contributed by atoms with Crippen molar-refractivity contribution < 1.29 is 23.7 Å². The Morgan fingerprint density at radius 1 is 1.00 bits per heavy atom. The average Bonchev–Trinajstić information content (AvgIpc) is 3.02. The van der Waals surface area contributed by atoms with E-state index in [0.29, 0.717) is 47.0 Å². The van der Waals surface area contributed by atoms with E-state index in [-0.39, 0.29) is 6.04 Å². The van der Waals surface area contributed by atoms with Crippen LogP contribution in [0.2, 0.25) is 0 Å². The number of rotatable bonds is 6. The first-order valence-corrected chi connectivity index (χ1v) is 7.15. The molecule has 6 heteroatoms. The maximum atomic E-state index is 5.75. The van der Waals surface area contributed by atoms with Crippen LogP contribution in [-0.4, -0.2) is 47.0 Å². The first kappa shape index (κ1) is 16.3. The molecule has 0 saturated carbocycles. The lowest BCUT2D eigenvalue weighted by atomic mass is 10.1. The van der Waals surface area contributed by atoms with Crippen molar-refractivity contribution in [2.75, 3.05) is 35.0 Å². The van der Waals surface area contributed by atoms with Gasteiger partial charge in [-0.2, -0.15) is 0 Å². The Kier molecular flexibility index (Phi) is 5.00. The molecule has 0 aromatic heterocycles. The monoisotopic (exact) mass is 309 g/mol. The first-order chi connectivity index (χ1) is 10.6. The topological polar surface area (TPSA) is 58.5 Å². The Labute approximate surface area is 131 Å². The van der Waals surface area contributed by atoms with Crippen LogP contribution in [0.5, 0.6) is 23.0 Å². The third-order valence-corrected chi connectivity index (χ3v) is 3.66. The van der Waals surface area contributed by atoms with Crippen LogP contribution in [0.4, 0.5) is 0 Å². The maximum Gasteiger partial charge on any atom is 0.220 e. The minimum absolute atomic E-state index is 0.138. The van der Waals surface area contributed by atoms with Crippen LogP contribution in [0, 0.1) is 5.92 Å². The Morgan fingerprint density at radius 2 is 1.64 bits per heavy atom. The Morgan fingerprint density at radius 3 is 2.09 bits per heavy atom. The molecule has 6 nitrogen and oxygen atoms in total. The summed E-state index contributed by atoms with van der Waals surface area (Å²) < 4.78 is 27.4. The van der Waals surface area contributed by atoms with Crippen molar-refractivity contribution in [1.82, 2.24) is 0 Å². The maximum absolute atomic E-state index is 5.75. The van der Waals surface area contributed by atoms with Crippen molar-refractivity contribution in [1.29, 1.82) is 0 Å². The summed E-state index contributed by atoms with van der Waals surface area (Å²) in [4.78, 5) is 4.64. The summed E-state index contributed by atoms with van der Waals surface area (Å²) in [5.74, 6) is 2.93. The van der Waals surface area contributed by atoms with Gasteiger partial charge in [-0.3, -0.25) is 0 Å². The summed E-state index contributed by atoms with van der Waals surface area (Å²) >= 11 is 0. The van der Waals surface area contributed by atoms with Gasteiger partial charge in [-0.25, -0.2) is 4.99 Å². The van der Waals surface area contributed by atoms with Crippen molar-refractivity contribution in [3.05, 3.63) is 11.6 Å². The van der Waals surface area contributed by atoms with E-state index in [4.69, 9.17) is 23.7 Å². The quantitative estimate of drug-likeness (QED) is 0.808. The number of benzene rings is 1. The molecule has 22 heavy (non-hydrogen) atoms. The van der Waals surface area contributed by atoms with Gasteiger partial charge in [-0.05, 0) is 5.92 Å². The molecule has 2 rings (SSSR count). The van der Waals surface area contributed by atoms with Gasteiger partial charge >= 0.3 is 0 Å². The van der Waals surface area contributed by atoms with Crippen molar-refractivity contribution in [3.63, 3.8) is 0 Å². The van der Waals surface area contributed by atoms with Gasteiger partial charge < -0.3 is 23.7 Å². The van der Waals surface area contributed by atoms with Gasteiger partial charge in [-0.15, -0.1) is 0 Å². The lowest BCUT2D eigenvalue weighted by Crippen LogP contribution is -2.13. The van der Waals surface area contributed by atoms with E-state index in [9.17, 15) is 0 Å². The molecule has 1 atom stereocenters. The standard InChI is InChI=1S/C16H23NO5/c1-9(2)11-8-22-16(17-11)10-7-12(18-3)14(20-5)15(21-6)13(10)19-4/h7,9,11H,8H2,1-6H3. The second-order valence-electron chi connectivity index (χ2n) is 5.28. The molecule has 1 aromatic rings. The molecule has 1 unspecified atom stereocenters. The van der Waals surface area contributed by atoms with Crippen molar-refractivity contribution in [3.8, 4) is 23.0 Å². The predicted molar refractivity (Wildman–Crippen MR) is 83.8 cm³/mol. The van der Waals surface area contributed by atoms with E-state index in [2.05, 4.69) is 18.8 Å². The van der Waals surface area contributed by atoms with E-state index in [0.717, 1.165) is 0 Å². The van der Waals surface area contributed by atoms with Crippen LogP contribution in [0.15, 0.2) is 11.1 Å². The molecular formula is C16H23NO5. The fraction of sp³-hybridized carbons (Fsp3) is 0.562. The summed E-state index contributed by atoms with van der Waals surface area (Å²) in [5.41, 5.74) is 0.695. The van der Waals surface area contributed by atoms with Crippen molar-refractivity contribution >= 4 is 5.90 Å². The minimum atomic E-state index is 0.138. The molecule has 0 bridgehead atoms. The molecule has 1 heterocycles. The number of nitrogens with zero attached hydrogens (tertiary/aromatic N) is 1. The lowest BCUT2D eigenvalue weighted by molar-refractivity contribution is 0.287. The number of methoxy groups -OCH3 is 4. The van der Waals surface area contributed by atoms with E-state index < -0.39 is 0 Å². The van der Waals surface area contributed by atoms with Gasteiger partial charge in [0.2, 0.25) is 17.4 Å². The molecule has 1 aliphatic rings. The average molecular weight is 309 g/mol. The fourth-order valence-electron chi connectivity index (χ4n) is 2.37. The van der Waals surface area contributed by atoms with Gasteiger partial charge in [0.1, 0.15) is 6.61 Å². The zero-order valence-corrected chi connectivity index (χ0v) is 13.9. The first-order valence-electron chi connectivity index (χ1n) is 7.15. The highest BCUT2D eigenvalue weighted by atomic mass is 16.5. The molecule has 1 aromatic carbocycles. The van der Waals surface area contributed by atoms with Gasteiger partial charge in [-0.1, -0.05) is 13.8 Å². The summed E-state index contributed by atoms with van der Waals surface area (Å²) in [6.07, 6.45) is 0. The third kappa shape index (κ3) is 2.77. The number of hydrogen-bond acceptors (Lipinski definition) is 6. The van der Waals surface area contributed by atoms with Gasteiger partial charge in [0.25, 0.3) is 0 Å². The Bertz CT molecular complexity index is 568. The summed E-state index contributed by atoms with van der Waals surface area (Å²) in [6.45, 7) is 4.80. The van der Waals surface area contributed by atoms with Gasteiger partial charge in [0, 0.05) is 6.07 Å². The Balaban J connectivity index is 2.58. The molecule has 0 amide bonds. The van der Waals surface area contributed by atoms with Crippen LogP contribution in [0.3, 0.4) is 0 Å². The number of hydrogen-bond donors (Lipinski definition) is 0. The van der Waals surface area contributed by atoms with Gasteiger partial charge in [0.15, 0.2) is 11.5 Å². The minimum Gasteiger partial charge on any atom is -0.493 e. The summed E-state index contributed by atoms with van der Waals surface area (Å²) in [5, 5.41) is 0. The molecule has 0 N–H and O–H groups in total. The van der Waals surface area contributed by atoms with Crippen molar-refractivity contribution in [2.45, 2.75) is 19.9 Å². The van der Waals surface area contributed by atoms with E-state index >= 15 is 0 Å². The molecular weight excluding hydrogens is 286 g/mol. The smallest absolute Gasteiger partial charge is 0.220 e. The highest BCUT2D eigenvalue weighted by Gasteiger charge is 2.29. The third-order valence-electron chi connectivity index (χ3n) is 3.66. The Hall–Kier alpha value is -2.11. The highest BCUT2D eigenvalue weighted by molar-refractivity contribution is 6.00. The largest absolute Gasteiger partial charge is 0.493 e. The fourth-order valence-corrected chi connectivity index (χ4v) is 2.37. The number of aliphatic imine (C=N–C) groups is 1. The van der Waals surface area contributed by atoms with Crippen LogP contribution >= 0.6 is 0 Å². The summed E-state index contributed by atoms with van der Waals surface area (Å²) in [7, 11) is 6.25. The normalized spacial score (nSPS) is 17.0. The number of ether oxygens (including phenoxy) is 5. The molecule has 0 spiro atoms. The van der Waals surface area contributed by atoms with Crippen LogP contribution < -0.4 is 18.9 Å². The van der Waals surface area contributed by atoms with E-state index in [1.165, 1.54) is 0 Å². The van der Waals surface area contributed by atoms with Gasteiger partial charge in [0.05, 0.1) is 40.0 Å². The molecule has 0 fully saturated rings. The van der Waals surface area contributed by atoms with Crippen LogP contribution in [-0.2, 0) is 4.74 Å². The molecule has 0 radical (unpaired) electrons. The molecule has 122 valence electrons. The summed E-state index contributed by atoms with van der Waals surface area (Å²) in [6, 6.07) is 1.93. The zero-order valence-electron chi connectivity index (χ0n) is 13.9. The second kappa shape index (κ2) is 6.77. The molecule has 0 aliphatic carbocycles. The van der Waals surface area contributed by atoms with E-state index in [1.54, 1.807) is 34.5 Å². The van der Waals surface area contributed by atoms with Crippen LogP contribution in [0.25, 0.3) is 0 Å². The van der Waals surface area contributed by atoms with E-state index in [1.807, 2.05) is 0 Å². The highest BCUT2D eigenvalue weighted by Crippen LogP contribution is 2.47. The zero-order chi connectivity index (χ0) is 16.3.